The van der Waals surface area contributed by atoms with Crippen molar-refractivity contribution < 1.29 is 9.53 Å². The highest BCUT2D eigenvalue weighted by atomic mass is 32.1. The lowest BCUT2D eigenvalue weighted by Gasteiger charge is -2.06. The Balaban J connectivity index is 2.16. The summed E-state index contributed by atoms with van der Waals surface area (Å²) in [5, 5.41) is 8.83. The highest BCUT2D eigenvalue weighted by Gasteiger charge is 2.20. The maximum atomic E-state index is 11.5. The number of rotatable bonds is 4. The molecular formula is C11H13N3O2S. The summed E-state index contributed by atoms with van der Waals surface area (Å²) in [4.78, 5) is 16.8. The third-order valence-electron chi connectivity index (χ3n) is 2.29. The number of hydrogen-bond acceptors (Lipinski definition) is 5. The van der Waals surface area contributed by atoms with Gasteiger partial charge in [-0.1, -0.05) is 6.07 Å². The molecular weight excluding hydrogens is 238 g/mol. The smallest absolute Gasteiger partial charge is 0.316 e. The van der Waals surface area contributed by atoms with Gasteiger partial charge in [0.25, 0.3) is 0 Å². The van der Waals surface area contributed by atoms with Crippen molar-refractivity contribution in [3.63, 3.8) is 0 Å². The normalized spacial score (nSPS) is 12.4. The van der Waals surface area contributed by atoms with E-state index in [-0.39, 0.29) is 5.97 Å². The Labute approximate surface area is 103 Å². The topological polar surface area (TPSA) is 67.9 Å². The summed E-state index contributed by atoms with van der Waals surface area (Å²) < 4.78 is 4.93. The van der Waals surface area contributed by atoms with Crippen LogP contribution in [0.5, 0.6) is 0 Å². The van der Waals surface area contributed by atoms with Crippen LogP contribution in [0.15, 0.2) is 17.5 Å². The Hall–Kier alpha value is -1.69. The van der Waals surface area contributed by atoms with Crippen LogP contribution in [0.25, 0.3) is 10.7 Å². The van der Waals surface area contributed by atoms with E-state index in [1.54, 1.807) is 25.2 Å². The van der Waals surface area contributed by atoms with Gasteiger partial charge in [-0.15, -0.1) is 11.3 Å². The zero-order valence-electron chi connectivity index (χ0n) is 9.64. The molecule has 2 heterocycles. The number of carbonyl (C=O) groups is 1. The van der Waals surface area contributed by atoms with Crippen LogP contribution in [0, 0.1) is 0 Å². The predicted molar refractivity (Wildman–Crippen MR) is 64.7 cm³/mol. The fourth-order valence-electron chi connectivity index (χ4n) is 1.36. The van der Waals surface area contributed by atoms with E-state index in [1.807, 2.05) is 17.5 Å². The first-order valence-electron chi connectivity index (χ1n) is 5.35. The molecule has 0 radical (unpaired) electrons. The molecule has 5 nitrogen and oxygen atoms in total. The van der Waals surface area contributed by atoms with Crippen LogP contribution >= 0.6 is 11.3 Å². The van der Waals surface area contributed by atoms with Gasteiger partial charge in [-0.05, 0) is 25.3 Å². The molecule has 2 aromatic rings. The highest BCUT2D eigenvalue weighted by Crippen LogP contribution is 2.22. The molecule has 0 fully saturated rings. The van der Waals surface area contributed by atoms with E-state index in [2.05, 4.69) is 15.2 Å². The molecule has 2 aromatic heterocycles. The van der Waals surface area contributed by atoms with Gasteiger partial charge in [0.05, 0.1) is 11.5 Å². The number of carbonyl (C=O) groups excluding carboxylic acids is 1. The van der Waals surface area contributed by atoms with Gasteiger partial charge in [-0.25, -0.2) is 4.98 Å². The zero-order chi connectivity index (χ0) is 12.3. The molecule has 0 aromatic carbocycles. The summed E-state index contributed by atoms with van der Waals surface area (Å²) in [6.45, 7) is 3.90. The number of nitrogens with zero attached hydrogens (tertiary/aromatic N) is 2. The number of nitrogens with one attached hydrogen (secondary N) is 1. The number of hydrogen-bond donors (Lipinski definition) is 1. The quantitative estimate of drug-likeness (QED) is 0.846. The fraction of sp³-hybridized carbons (Fsp3) is 0.364. The highest BCUT2D eigenvalue weighted by molar-refractivity contribution is 7.13. The second kappa shape index (κ2) is 5.09. The molecule has 1 N–H and O–H groups in total. The van der Waals surface area contributed by atoms with Crippen LogP contribution < -0.4 is 0 Å². The van der Waals surface area contributed by atoms with Crippen LogP contribution in [0.3, 0.4) is 0 Å². The molecule has 0 amide bonds. The van der Waals surface area contributed by atoms with Gasteiger partial charge in [0, 0.05) is 0 Å². The minimum Gasteiger partial charge on any atom is -0.465 e. The van der Waals surface area contributed by atoms with E-state index in [1.165, 1.54) is 0 Å². The largest absolute Gasteiger partial charge is 0.465 e. The van der Waals surface area contributed by atoms with E-state index in [9.17, 15) is 4.79 Å². The van der Waals surface area contributed by atoms with Crippen molar-refractivity contribution >= 4 is 17.3 Å². The zero-order valence-corrected chi connectivity index (χ0v) is 10.5. The summed E-state index contributed by atoms with van der Waals surface area (Å²) in [7, 11) is 0. The number of aromatic amines is 1. The van der Waals surface area contributed by atoms with Crippen LogP contribution in [0.4, 0.5) is 0 Å². The van der Waals surface area contributed by atoms with Gasteiger partial charge in [-0.2, -0.15) is 5.10 Å². The second-order valence-electron chi connectivity index (χ2n) is 3.50. The molecule has 0 bridgehead atoms. The summed E-state index contributed by atoms with van der Waals surface area (Å²) in [6, 6.07) is 3.87. The molecule has 1 atom stereocenters. The van der Waals surface area contributed by atoms with Gasteiger partial charge in [0.1, 0.15) is 11.7 Å². The van der Waals surface area contributed by atoms with Crippen LogP contribution in [0.1, 0.15) is 25.6 Å². The first-order valence-corrected chi connectivity index (χ1v) is 6.23. The third kappa shape index (κ3) is 2.52. The molecule has 17 heavy (non-hydrogen) atoms. The third-order valence-corrected chi connectivity index (χ3v) is 3.16. The Morgan fingerprint density at radius 1 is 1.65 bits per heavy atom. The minimum absolute atomic E-state index is 0.290. The van der Waals surface area contributed by atoms with Crippen molar-refractivity contribution in [2.75, 3.05) is 6.61 Å². The maximum Gasteiger partial charge on any atom is 0.316 e. The monoisotopic (exact) mass is 251 g/mol. The van der Waals surface area contributed by atoms with Crippen LogP contribution in [0.2, 0.25) is 0 Å². The molecule has 1 unspecified atom stereocenters. The number of thiophene rings is 1. The average Bonchev–Trinajstić information content (AvgIpc) is 2.98. The summed E-state index contributed by atoms with van der Waals surface area (Å²) >= 11 is 1.56. The SMILES string of the molecule is CCOC(=O)C(C)c1nc(-c2cccs2)n[nH]1. The summed E-state index contributed by atoms with van der Waals surface area (Å²) in [5.74, 6) is 0.440. The van der Waals surface area contributed by atoms with Gasteiger partial charge >= 0.3 is 5.97 Å². The number of esters is 1. The summed E-state index contributed by atoms with van der Waals surface area (Å²) in [6.07, 6.45) is 0. The lowest BCUT2D eigenvalue weighted by molar-refractivity contribution is -0.144. The van der Waals surface area contributed by atoms with Crippen molar-refractivity contribution in [1.29, 1.82) is 0 Å². The average molecular weight is 251 g/mol. The van der Waals surface area contributed by atoms with Crippen LogP contribution in [-0.2, 0) is 9.53 Å². The molecule has 0 aliphatic heterocycles. The lowest BCUT2D eigenvalue weighted by atomic mass is 10.2. The molecule has 2 rings (SSSR count). The minimum atomic E-state index is -0.420. The second-order valence-corrected chi connectivity index (χ2v) is 4.44. The molecule has 0 aliphatic carbocycles. The number of ether oxygens (including phenoxy) is 1. The molecule has 90 valence electrons. The fourth-order valence-corrected chi connectivity index (χ4v) is 2.02. The van der Waals surface area contributed by atoms with E-state index in [0.29, 0.717) is 18.3 Å². The number of H-pyrrole nitrogens is 1. The van der Waals surface area contributed by atoms with Gasteiger partial charge in [0.15, 0.2) is 5.82 Å². The van der Waals surface area contributed by atoms with Crippen LogP contribution in [-0.4, -0.2) is 27.8 Å². The Kier molecular flexibility index (Phi) is 3.53. The van der Waals surface area contributed by atoms with Crippen molar-refractivity contribution in [3.8, 4) is 10.7 Å². The molecule has 0 spiro atoms. The van der Waals surface area contributed by atoms with Gasteiger partial charge in [0.2, 0.25) is 0 Å². The van der Waals surface area contributed by atoms with E-state index >= 15 is 0 Å². The van der Waals surface area contributed by atoms with Crippen molar-refractivity contribution in [3.05, 3.63) is 23.3 Å². The van der Waals surface area contributed by atoms with E-state index in [4.69, 9.17) is 4.74 Å². The van der Waals surface area contributed by atoms with Gasteiger partial charge in [-0.3, -0.25) is 9.89 Å². The Morgan fingerprint density at radius 2 is 2.47 bits per heavy atom. The van der Waals surface area contributed by atoms with E-state index in [0.717, 1.165) is 4.88 Å². The lowest BCUT2D eigenvalue weighted by Crippen LogP contribution is -2.14. The molecule has 0 aliphatic rings. The standard InChI is InChI=1S/C11H13N3O2S/c1-3-16-11(15)7(2)9-12-10(14-13-9)8-5-4-6-17-8/h4-7H,3H2,1-2H3,(H,12,13,14). The molecule has 0 saturated heterocycles. The predicted octanol–water partition coefficient (Wildman–Crippen LogP) is 2.20. The molecule has 0 saturated carbocycles. The first kappa shape index (κ1) is 11.8. The first-order chi connectivity index (χ1) is 8.22. The Bertz CT molecular complexity index is 493. The maximum absolute atomic E-state index is 11.5. The summed E-state index contributed by atoms with van der Waals surface area (Å²) in [5.41, 5.74) is 0. The van der Waals surface area contributed by atoms with Crippen molar-refractivity contribution in [1.82, 2.24) is 15.2 Å². The van der Waals surface area contributed by atoms with E-state index < -0.39 is 5.92 Å². The number of aromatic nitrogens is 3. The van der Waals surface area contributed by atoms with Crippen molar-refractivity contribution in [2.24, 2.45) is 0 Å². The van der Waals surface area contributed by atoms with Gasteiger partial charge < -0.3 is 4.74 Å². The van der Waals surface area contributed by atoms with Crippen molar-refractivity contribution in [2.45, 2.75) is 19.8 Å². The Morgan fingerprint density at radius 3 is 3.12 bits per heavy atom. The molecule has 6 heteroatoms.